The molecule has 4 nitrogen and oxygen atoms in total. The largest absolute Gasteiger partial charge is 0.508 e. The van der Waals surface area contributed by atoms with E-state index in [1.54, 1.807) is 0 Å². The van der Waals surface area contributed by atoms with Crippen LogP contribution in [0.2, 0.25) is 0 Å². The van der Waals surface area contributed by atoms with E-state index in [9.17, 15) is 15.0 Å². The lowest BCUT2D eigenvalue weighted by molar-refractivity contribution is 0.0415. The summed E-state index contributed by atoms with van der Waals surface area (Å²) in [6, 6.07) is 2.92. The number of rotatable bonds is 5. The smallest absolute Gasteiger partial charge is 0.339 e. The quantitative estimate of drug-likeness (QED) is 0.749. The van der Waals surface area contributed by atoms with Crippen molar-refractivity contribution < 1.29 is 19.7 Å². The first kappa shape index (κ1) is 18.4. The van der Waals surface area contributed by atoms with Gasteiger partial charge in [-0.2, -0.15) is 0 Å². The molecular formula is C20H28O4. The van der Waals surface area contributed by atoms with Crippen LogP contribution in [0, 0.1) is 5.41 Å². The van der Waals surface area contributed by atoms with Crippen molar-refractivity contribution in [2.45, 2.75) is 65.4 Å². The standard InChI is InChI=1S/C20H28O4/c1-6-7-14-10-15(21)11-16(17(14)18(22)23)24-20(5)12-19(3,4)9-8-13(20)2/h10-11,21H,2,6-9,12H2,1,3-5H3,(H,22,23). The molecule has 132 valence electrons. The Morgan fingerprint density at radius 2 is 2.00 bits per heavy atom. The van der Waals surface area contributed by atoms with Crippen LogP contribution in [0.15, 0.2) is 24.3 Å². The number of phenolic OH excluding ortho intramolecular Hbond substituents is 1. The van der Waals surface area contributed by atoms with Gasteiger partial charge in [-0.15, -0.1) is 0 Å². The molecule has 0 saturated heterocycles. The zero-order valence-corrected chi connectivity index (χ0v) is 15.1. The summed E-state index contributed by atoms with van der Waals surface area (Å²) in [5, 5.41) is 19.7. The molecule has 1 atom stereocenters. The zero-order valence-electron chi connectivity index (χ0n) is 15.1. The second-order valence-corrected chi connectivity index (χ2v) is 7.81. The number of aromatic carboxylic acids is 1. The third kappa shape index (κ3) is 3.74. The van der Waals surface area contributed by atoms with Gasteiger partial charge in [0, 0.05) is 6.07 Å². The third-order valence-corrected chi connectivity index (χ3v) is 4.90. The monoisotopic (exact) mass is 332 g/mol. The fourth-order valence-corrected chi connectivity index (χ4v) is 3.68. The maximum Gasteiger partial charge on any atom is 0.339 e. The fraction of sp³-hybridized carbons (Fsp3) is 0.550. The first-order valence-electron chi connectivity index (χ1n) is 8.54. The lowest BCUT2D eigenvalue weighted by Crippen LogP contribution is -2.43. The van der Waals surface area contributed by atoms with Gasteiger partial charge in [0.25, 0.3) is 0 Å². The molecule has 2 rings (SSSR count). The van der Waals surface area contributed by atoms with E-state index in [0.29, 0.717) is 12.0 Å². The number of hydrogen-bond acceptors (Lipinski definition) is 3. The van der Waals surface area contributed by atoms with Crippen molar-refractivity contribution in [2.75, 3.05) is 0 Å². The van der Waals surface area contributed by atoms with Crippen LogP contribution in [0.5, 0.6) is 11.5 Å². The normalized spacial score (nSPS) is 23.1. The molecule has 0 amide bonds. The fourth-order valence-electron chi connectivity index (χ4n) is 3.68. The molecule has 0 radical (unpaired) electrons. The Morgan fingerprint density at radius 3 is 2.58 bits per heavy atom. The average molecular weight is 332 g/mol. The van der Waals surface area contributed by atoms with Crippen molar-refractivity contribution in [2.24, 2.45) is 5.41 Å². The highest BCUT2D eigenvalue weighted by Crippen LogP contribution is 2.46. The first-order chi connectivity index (χ1) is 11.1. The van der Waals surface area contributed by atoms with Gasteiger partial charge in [-0.25, -0.2) is 4.79 Å². The van der Waals surface area contributed by atoms with Crippen molar-refractivity contribution in [1.82, 2.24) is 0 Å². The molecule has 2 N–H and O–H groups in total. The Morgan fingerprint density at radius 1 is 1.33 bits per heavy atom. The van der Waals surface area contributed by atoms with Crippen molar-refractivity contribution in [3.8, 4) is 11.5 Å². The minimum atomic E-state index is -1.03. The first-order valence-corrected chi connectivity index (χ1v) is 8.54. The van der Waals surface area contributed by atoms with Crippen LogP contribution in [-0.2, 0) is 6.42 Å². The number of phenols is 1. The molecule has 1 aliphatic carbocycles. The predicted molar refractivity (Wildman–Crippen MR) is 94.9 cm³/mol. The summed E-state index contributed by atoms with van der Waals surface area (Å²) in [5.74, 6) is -0.771. The molecule has 4 heteroatoms. The van der Waals surface area contributed by atoms with Crippen LogP contribution >= 0.6 is 0 Å². The molecule has 1 aromatic carbocycles. The Kier molecular flexibility index (Phi) is 4.97. The summed E-state index contributed by atoms with van der Waals surface area (Å²) < 4.78 is 6.21. The number of aryl methyl sites for hydroxylation is 1. The highest BCUT2D eigenvalue weighted by Gasteiger charge is 2.41. The minimum Gasteiger partial charge on any atom is -0.508 e. The number of ether oxygens (including phenoxy) is 1. The lowest BCUT2D eigenvalue weighted by atomic mass is 9.68. The molecule has 1 fully saturated rings. The summed E-state index contributed by atoms with van der Waals surface area (Å²) in [6.07, 6.45) is 4.02. The van der Waals surface area contributed by atoms with E-state index in [-0.39, 0.29) is 22.5 Å². The number of aromatic hydroxyl groups is 1. The summed E-state index contributed by atoms with van der Waals surface area (Å²) in [7, 11) is 0. The molecular weight excluding hydrogens is 304 g/mol. The van der Waals surface area contributed by atoms with Crippen LogP contribution in [0.25, 0.3) is 0 Å². The summed E-state index contributed by atoms with van der Waals surface area (Å²) in [5.41, 5.74) is 1.18. The van der Waals surface area contributed by atoms with E-state index >= 15 is 0 Å². The van der Waals surface area contributed by atoms with Gasteiger partial charge in [0.2, 0.25) is 0 Å². The van der Waals surface area contributed by atoms with Crippen LogP contribution in [0.3, 0.4) is 0 Å². The Labute approximate surface area is 144 Å². The Hall–Kier alpha value is -1.97. The van der Waals surface area contributed by atoms with Crippen molar-refractivity contribution in [3.63, 3.8) is 0 Å². The number of hydrogen-bond donors (Lipinski definition) is 2. The van der Waals surface area contributed by atoms with Gasteiger partial charge in [-0.3, -0.25) is 0 Å². The van der Waals surface area contributed by atoms with E-state index in [1.165, 1.54) is 12.1 Å². The second kappa shape index (κ2) is 6.50. The summed E-state index contributed by atoms with van der Waals surface area (Å²) >= 11 is 0. The second-order valence-electron chi connectivity index (χ2n) is 7.81. The Balaban J connectivity index is 2.48. The maximum atomic E-state index is 11.8. The van der Waals surface area contributed by atoms with E-state index in [2.05, 4.69) is 20.4 Å². The molecule has 0 heterocycles. The molecule has 1 aromatic rings. The van der Waals surface area contributed by atoms with Crippen molar-refractivity contribution >= 4 is 5.97 Å². The van der Waals surface area contributed by atoms with Crippen LogP contribution in [0.4, 0.5) is 0 Å². The van der Waals surface area contributed by atoms with Gasteiger partial charge in [0.05, 0.1) is 0 Å². The van der Waals surface area contributed by atoms with E-state index in [4.69, 9.17) is 4.74 Å². The molecule has 0 aromatic heterocycles. The van der Waals surface area contributed by atoms with Crippen molar-refractivity contribution in [1.29, 1.82) is 0 Å². The highest BCUT2D eigenvalue weighted by molar-refractivity contribution is 5.93. The third-order valence-electron chi connectivity index (χ3n) is 4.90. The lowest BCUT2D eigenvalue weighted by Gasteiger charge is -2.44. The van der Waals surface area contributed by atoms with Crippen LogP contribution in [-0.4, -0.2) is 21.8 Å². The topological polar surface area (TPSA) is 66.8 Å². The molecule has 1 aliphatic rings. The maximum absolute atomic E-state index is 11.8. The van der Waals surface area contributed by atoms with Gasteiger partial charge >= 0.3 is 5.97 Å². The minimum absolute atomic E-state index is 0.0303. The van der Waals surface area contributed by atoms with E-state index < -0.39 is 11.6 Å². The summed E-state index contributed by atoms with van der Waals surface area (Å²) in [4.78, 5) is 11.8. The average Bonchev–Trinajstić information content (AvgIpc) is 2.42. The SMILES string of the molecule is C=C1CCC(C)(C)CC1(C)Oc1cc(O)cc(CCC)c1C(=O)O. The van der Waals surface area contributed by atoms with Crippen LogP contribution < -0.4 is 4.74 Å². The van der Waals surface area contributed by atoms with Crippen molar-refractivity contribution in [3.05, 3.63) is 35.4 Å². The molecule has 0 spiro atoms. The highest BCUT2D eigenvalue weighted by atomic mass is 16.5. The molecule has 1 saturated carbocycles. The van der Waals surface area contributed by atoms with Crippen LogP contribution in [0.1, 0.15) is 69.3 Å². The van der Waals surface area contributed by atoms with Gasteiger partial charge in [0.15, 0.2) is 0 Å². The molecule has 0 aliphatic heterocycles. The number of carboxylic acids is 1. The summed E-state index contributed by atoms with van der Waals surface area (Å²) in [6.45, 7) is 12.5. The number of carbonyl (C=O) groups is 1. The molecule has 0 bridgehead atoms. The van der Waals surface area contributed by atoms with Gasteiger partial charge in [-0.1, -0.05) is 33.8 Å². The van der Waals surface area contributed by atoms with E-state index in [0.717, 1.165) is 31.3 Å². The molecule has 1 unspecified atom stereocenters. The Bertz CT molecular complexity index is 660. The predicted octanol–water partition coefficient (Wildman–Crippen LogP) is 4.95. The van der Waals surface area contributed by atoms with Gasteiger partial charge in [0.1, 0.15) is 22.7 Å². The molecule has 24 heavy (non-hydrogen) atoms. The number of benzene rings is 1. The van der Waals surface area contributed by atoms with E-state index in [1.807, 2.05) is 13.8 Å². The number of carboxylic acid groups (broad SMARTS) is 1. The van der Waals surface area contributed by atoms with Gasteiger partial charge in [-0.05, 0) is 55.2 Å². The zero-order chi connectivity index (χ0) is 18.1. The van der Waals surface area contributed by atoms with Gasteiger partial charge < -0.3 is 14.9 Å².